The van der Waals surface area contributed by atoms with Crippen LogP contribution in [0.15, 0.2) is 18.2 Å². The summed E-state index contributed by atoms with van der Waals surface area (Å²) in [5, 5.41) is 5.64. The summed E-state index contributed by atoms with van der Waals surface area (Å²) in [5.41, 5.74) is 8.05. The number of nitrogens with one attached hydrogen (secondary N) is 2. The van der Waals surface area contributed by atoms with Gasteiger partial charge in [0.2, 0.25) is 11.8 Å². The van der Waals surface area contributed by atoms with E-state index >= 15 is 0 Å². The molecule has 0 aromatic heterocycles. The van der Waals surface area contributed by atoms with Crippen LogP contribution in [-0.4, -0.2) is 29.9 Å². The lowest BCUT2D eigenvalue weighted by Crippen LogP contribution is -2.36. The van der Waals surface area contributed by atoms with Crippen LogP contribution in [0.1, 0.15) is 25.3 Å². The molecule has 0 saturated heterocycles. The monoisotopic (exact) mass is 309 g/mol. The molecule has 0 unspecified atom stereocenters. The molecule has 2 amide bonds. The van der Waals surface area contributed by atoms with Crippen molar-refractivity contribution in [3.05, 3.63) is 23.8 Å². The van der Waals surface area contributed by atoms with E-state index in [1.54, 1.807) is 30.8 Å². The van der Waals surface area contributed by atoms with Gasteiger partial charge in [0, 0.05) is 17.8 Å². The Morgan fingerprint density at radius 1 is 1.29 bits per heavy atom. The molecule has 0 spiro atoms. The van der Waals surface area contributed by atoms with E-state index in [4.69, 9.17) is 5.73 Å². The number of benzene rings is 1. The molecule has 1 aromatic carbocycles. The second-order valence-corrected chi connectivity index (χ2v) is 5.74. The van der Waals surface area contributed by atoms with Gasteiger partial charge in [-0.2, -0.15) is 11.8 Å². The molecular formula is C15H23N3O2S. The largest absolute Gasteiger partial charge is 0.326 e. The van der Waals surface area contributed by atoms with Gasteiger partial charge in [0.05, 0.1) is 6.04 Å². The summed E-state index contributed by atoms with van der Waals surface area (Å²) < 4.78 is 0. The van der Waals surface area contributed by atoms with Crippen molar-refractivity contribution in [3.63, 3.8) is 0 Å². The summed E-state index contributed by atoms with van der Waals surface area (Å²) in [5.74, 6) is 0.588. The van der Waals surface area contributed by atoms with Crippen LogP contribution < -0.4 is 16.4 Å². The van der Waals surface area contributed by atoms with Gasteiger partial charge in [0.15, 0.2) is 0 Å². The van der Waals surface area contributed by atoms with Crippen molar-refractivity contribution in [3.8, 4) is 0 Å². The Balaban J connectivity index is 2.77. The van der Waals surface area contributed by atoms with Crippen LogP contribution in [0.25, 0.3) is 0 Å². The lowest BCUT2D eigenvalue weighted by Gasteiger charge is -2.15. The highest BCUT2D eigenvalue weighted by molar-refractivity contribution is 7.98. The molecule has 0 heterocycles. The van der Waals surface area contributed by atoms with Gasteiger partial charge >= 0.3 is 0 Å². The van der Waals surface area contributed by atoms with Crippen molar-refractivity contribution in [2.24, 2.45) is 5.73 Å². The molecule has 5 nitrogen and oxygen atoms in total. The lowest BCUT2D eigenvalue weighted by atomic mass is 10.1. The van der Waals surface area contributed by atoms with Gasteiger partial charge in [-0.1, -0.05) is 13.0 Å². The normalized spacial score (nSPS) is 11.8. The summed E-state index contributed by atoms with van der Waals surface area (Å²) in [6.07, 6.45) is 3.03. The maximum absolute atomic E-state index is 12.0. The zero-order valence-corrected chi connectivity index (χ0v) is 13.5. The minimum absolute atomic E-state index is 0.0572. The first-order valence-corrected chi connectivity index (χ1v) is 8.33. The Hall–Kier alpha value is -1.53. The predicted molar refractivity (Wildman–Crippen MR) is 89.7 cm³/mol. The molecule has 0 aliphatic heterocycles. The topological polar surface area (TPSA) is 84.2 Å². The minimum Gasteiger partial charge on any atom is -0.326 e. The zero-order chi connectivity index (χ0) is 15.8. The van der Waals surface area contributed by atoms with Crippen LogP contribution in [0.3, 0.4) is 0 Å². The fourth-order valence-corrected chi connectivity index (χ4v) is 2.24. The van der Waals surface area contributed by atoms with Crippen LogP contribution in [0.5, 0.6) is 0 Å². The fourth-order valence-electron chi connectivity index (χ4n) is 1.75. The molecule has 0 saturated carbocycles. The van der Waals surface area contributed by atoms with Crippen LogP contribution in [0.4, 0.5) is 11.4 Å². The number of carbonyl (C=O) groups excluding carboxylic acids is 2. The molecule has 0 fully saturated rings. The molecule has 0 radical (unpaired) electrons. The van der Waals surface area contributed by atoms with Gasteiger partial charge in [-0.15, -0.1) is 0 Å². The summed E-state index contributed by atoms with van der Waals surface area (Å²) in [4.78, 5) is 23.5. The van der Waals surface area contributed by atoms with Crippen LogP contribution in [-0.2, 0) is 9.59 Å². The first kappa shape index (κ1) is 17.5. The third kappa shape index (κ3) is 5.40. The van der Waals surface area contributed by atoms with E-state index in [-0.39, 0.29) is 11.8 Å². The summed E-state index contributed by atoms with van der Waals surface area (Å²) in [6.45, 7) is 3.65. The molecule has 4 N–H and O–H groups in total. The van der Waals surface area contributed by atoms with E-state index in [1.807, 2.05) is 19.2 Å². The molecule has 1 aromatic rings. The highest BCUT2D eigenvalue weighted by Gasteiger charge is 2.15. The Labute approximate surface area is 130 Å². The highest BCUT2D eigenvalue weighted by atomic mass is 32.2. The lowest BCUT2D eigenvalue weighted by molar-refractivity contribution is -0.117. The zero-order valence-electron chi connectivity index (χ0n) is 12.7. The molecule has 0 aliphatic carbocycles. The smallest absolute Gasteiger partial charge is 0.241 e. The van der Waals surface area contributed by atoms with E-state index in [2.05, 4.69) is 10.6 Å². The van der Waals surface area contributed by atoms with E-state index in [9.17, 15) is 9.59 Å². The van der Waals surface area contributed by atoms with Crippen molar-refractivity contribution < 1.29 is 9.59 Å². The third-order valence-corrected chi connectivity index (χ3v) is 3.80. The second-order valence-electron chi connectivity index (χ2n) is 4.76. The van der Waals surface area contributed by atoms with Gasteiger partial charge in [0.25, 0.3) is 0 Å². The number of anilines is 2. The molecule has 0 bridgehead atoms. The maximum Gasteiger partial charge on any atom is 0.241 e. The van der Waals surface area contributed by atoms with E-state index in [0.717, 1.165) is 11.3 Å². The minimum atomic E-state index is -0.522. The predicted octanol–water partition coefficient (Wildman–Crippen LogP) is 2.36. The SMILES string of the molecule is CCC(=O)Nc1cccc(NC(=O)[C@@H](N)CCSC)c1C. The number of carbonyl (C=O) groups is 2. The van der Waals surface area contributed by atoms with Gasteiger partial charge in [0.1, 0.15) is 0 Å². The molecule has 21 heavy (non-hydrogen) atoms. The van der Waals surface area contributed by atoms with E-state index < -0.39 is 6.04 Å². The van der Waals surface area contributed by atoms with Crippen LogP contribution >= 0.6 is 11.8 Å². The Bertz CT molecular complexity index is 506. The van der Waals surface area contributed by atoms with Crippen molar-refractivity contribution in [2.45, 2.75) is 32.7 Å². The van der Waals surface area contributed by atoms with Crippen LogP contribution in [0.2, 0.25) is 0 Å². The molecule has 1 atom stereocenters. The fraction of sp³-hybridized carbons (Fsp3) is 0.467. The van der Waals surface area contributed by atoms with Gasteiger partial charge < -0.3 is 16.4 Å². The van der Waals surface area contributed by atoms with Crippen molar-refractivity contribution in [1.29, 1.82) is 0 Å². The first-order valence-electron chi connectivity index (χ1n) is 6.94. The maximum atomic E-state index is 12.0. The molecule has 1 rings (SSSR count). The van der Waals surface area contributed by atoms with Crippen LogP contribution in [0, 0.1) is 6.92 Å². The van der Waals surface area contributed by atoms with Crippen molar-refractivity contribution in [1.82, 2.24) is 0 Å². The van der Waals surface area contributed by atoms with Gasteiger partial charge in [-0.05, 0) is 43.0 Å². The van der Waals surface area contributed by atoms with Crippen molar-refractivity contribution in [2.75, 3.05) is 22.6 Å². The first-order chi connectivity index (χ1) is 9.99. The standard InChI is InChI=1S/C15H23N3O2S/c1-4-14(19)17-12-6-5-7-13(10(12)2)18-15(20)11(16)8-9-21-3/h5-7,11H,4,8-9,16H2,1-3H3,(H,17,19)(H,18,20)/t11-/m0/s1. The Morgan fingerprint density at radius 2 is 1.90 bits per heavy atom. The Kier molecular flexibility index (Phi) is 7.25. The van der Waals surface area contributed by atoms with Gasteiger partial charge in [-0.25, -0.2) is 0 Å². The summed E-state index contributed by atoms with van der Waals surface area (Å²) in [6, 6.07) is 4.88. The average molecular weight is 309 g/mol. The summed E-state index contributed by atoms with van der Waals surface area (Å²) >= 11 is 1.66. The van der Waals surface area contributed by atoms with Gasteiger partial charge in [-0.3, -0.25) is 9.59 Å². The summed E-state index contributed by atoms with van der Waals surface area (Å²) in [7, 11) is 0. The van der Waals surface area contributed by atoms with E-state index in [0.29, 0.717) is 24.2 Å². The molecular weight excluding hydrogens is 286 g/mol. The third-order valence-electron chi connectivity index (χ3n) is 3.16. The average Bonchev–Trinajstić information content (AvgIpc) is 2.48. The number of hydrogen-bond acceptors (Lipinski definition) is 4. The highest BCUT2D eigenvalue weighted by Crippen LogP contribution is 2.23. The number of nitrogens with two attached hydrogens (primary N) is 1. The van der Waals surface area contributed by atoms with E-state index in [1.165, 1.54) is 0 Å². The number of rotatable bonds is 7. The number of amides is 2. The van der Waals surface area contributed by atoms with Crippen molar-refractivity contribution >= 4 is 35.0 Å². The quantitative estimate of drug-likeness (QED) is 0.722. The number of hydrogen-bond donors (Lipinski definition) is 3. The molecule has 116 valence electrons. The second kappa shape index (κ2) is 8.69. The molecule has 0 aliphatic rings. The molecule has 6 heteroatoms. The Morgan fingerprint density at radius 3 is 2.48 bits per heavy atom. The number of thioether (sulfide) groups is 1.